The molecule has 1 aromatic rings. The normalized spacial score (nSPS) is 23.2. The van der Waals surface area contributed by atoms with E-state index >= 15 is 0 Å². The number of rotatable bonds is 3. The topological polar surface area (TPSA) is 46.6 Å². The van der Waals surface area contributed by atoms with Crippen molar-refractivity contribution in [3.63, 3.8) is 0 Å². The lowest BCUT2D eigenvalue weighted by Gasteiger charge is -2.40. The minimum atomic E-state index is -3.89. The van der Waals surface area contributed by atoms with Crippen LogP contribution in [0.15, 0.2) is 23.1 Å². The number of hydrogen-bond donors (Lipinski definition) is 0. The molecule has 1 aromatic carbocycles. The SMILES string of the molecule is CC1CN(S(=O)(=O)c2ccc(CCl)cc2F)CC(C)(C)O1. The standard InChI is InChI=1S/C14H19ClFNO3S/c1-10-8-17(9-14(2,3)20-10)21(18,19)13-5-4-11(7-15)6-12(13)16/h4-6,10H,7-9H2,1-3H3. The molecule has 0 N–H and O–H groups in total. The molecule has 21 heavy (non-hydrogen) atoms. The van der Waals surface area contributed by atoms with Crippen molar-refractivity contribution in [2.45, 2.75) is 43.3 Å². The predicted molar refractivity (Wildman–Crippen MR) is 79.3 cm³/mol. The van der Waals surface area contributed by atoms with Gasteiger partial charge in [-0.3, -0.25) is 0 Å². The van der Waals surface area contributed by atoms with Gasteiger partial charge in [0.05, 0.1) is 11.7 Å². The quantitative estimate of drug-likeness (QED) is 0.798. The Morgan fingerprint density at radius 1 is 1.48 bits per heavy atom. The second-order valence-electron chi connectivity index (χ2n) is 5.88. The van der Waals surface area contributed by atoms with E-state index in [4.69, 9.17) is 16.3 Å². The van der Waals surface area contributed by atoms with Crippen molar-refractivity contribution in [2.75, 3.05) is 13.1 Å². The second kappa shape index (κ2) is 5.83. The maximum absolute atomic E-state index is 14.1. The molecule has 0 bridgehead atoms. The Balaban J connectivity index is 2.38. The molecule has 1 unspecified atom stereocenters. The summed E-state index contributed by atoms with van der Waals surface area (Å²) in [4.78, 5) is -0.318. The first kappa shape index (κ1) is 16.7. The molecule has 0 radical (unpaired) electrons. The molecular weight excluding hydrogens is 317 g/mol. The van der Waals surface area contributed by atoms with Crippen LogP contribution in [0, 0.1) is 5.82 Å². The minimum Gasteiger partial charge on any atom is -0.370 e. The molecule has 0 saturated carbocycles. The van der Waals surface area contributed by atoms with Crippen molar-refractivity contribution in [1.29, 1.82) is 0 Å². The van der Waals surface area contributed by atoms with Gasteiger partial charge in [-0.25, -0.2) is 12.8 Å². The molecule has 2 rings (SSSR count). The van der Waals surface area contributed by atoms with Gasteiger partial charge >= 0.3 is 0 Å². The van der Waals surface area contributed by atoms with Crippen LogP contribution in [0.5, 0.6) is 0 Å². The highest BCUT2D eigenvalue weighted by atomic mass is 35.5. The zero-order chi connectivity index (χ0) is 15.8. The Morgan fingerprint density at radius 3 is 2.67 bits per heavy atom. The molecule has 1 saturated heterocycles. The van der Waals surface area contributed by atoms with Crippen LogP contribution >= 0.6 is 11.6 Å². The minimum absolute atomic E-state index is 0.138. The summed E-state index contributed by atoms with van der Waals surface area (Å²) in [5.74, 6) is -0.635. The Hall–Kier alpha value is -0.690. The third kappa shape index (κ3) is 3.56. The van der Waals surface area contributed by atoms with Crippen LogP contribution in [0.1, 0.15) is 26.3 Å². The van der Waals surface area contributed by atoms with Crippen LogP contribution in [0.2, 0.25) is 0 Å². The number of benzene rings is 1. The van der Waals surface area contributed by atoms with Crippen LogP contribution in [0.3, 0.4) is 0 Å². The van der Waals surface area contributed by atoms with E-state index in [0.717, 1.165) is 6.07 Å². The molecule has 1 fully saturated rings. The zero-order valence-corrected chi connectivity index (χ0v) is 13.8. The first-order valence-corrected chi connectivity index (χ1v) is 8.65. The van der Waals surface area contributed by atoms with Gasteiger partial charge in [0.2, 0.25) is 10.0 Å². The van der Waals surface area contributed by atoms with E-state index < -0.39 is 21.4 Å². The number of ether oxygens (including phenoxy) is 1. The maximum atomic E-state index is 14.1. The van der Waals surface area contributed by atoms with Crippen molar-refractivity contribution >= 4 is 21.6 Å². The molecule has 0 aliphatic carbocycles. The number of morpholine rings is 1. The molecule has 1 atom stereocenters. The summed E-state index contributed by atoms with van der Waals surface area (Å²) in [5, 5.41) is 0. The molecule has 7 heteroatoms. The van der Waals surface area contributed by atoms with Gasteiger partial charge < -0.3 is 4.74 Å². The highest BCUT2D eigenvalue weighted by Gasteiger charge is 2.38. The molecule has 1 heterocycles. The summed E-state index contributed by atoms with van der Waals surface area (Å²) in [5.41, 5.74) is -0.0547. The van der Waals surface area contributed by atoms with E-state index in [2.05, 4.69) is 0 Å². The fraction of sp³-hybridized carbons (Fsp3) is 0.571. The molecular formula is C14H19ClFNO3S. The van der Waals surface area contributed by atoms with Crippen LogP contribution in [-0.2, 0) is 20.6 Å². The Kier molecular flexibility index (Phi) is 4.63. The molecule has 1 aliphatic rings. The molecule has 0 spiro atoms. The fourth-order valence-electron chi connectivity index (χ4n) is 2.55. The fourth-order valence-corrected chi connectivity index (χ4v) is 4.43. The Bertz CT molecular complexity index is 633. The maximum Gasteiger partial charge on any atom is 0.246 e. The van der Waals surface area contributed by atoms with Crippen molar-refractivity contribution in [1.82, 2.24) is 4.31 Å². The summed E-state index contributed by atoms with van der Waals surface area (Å²) < 4.78 is 46.3. The molecule has 118 valence electrons. The van der Waals surface area contributed by atoms with Gasteiger partial charge in [-0.1, -0.05) is 6.07 Å². The second-order valence-corrected chi connectivity index (χ2v) is 8.06. The molecule has 1 aliphatic heterocycles. The van der Waals surface area contributed by atoms with E-state index in [1.165, 1.54) is 16.4 Å². The summed E-state index contributed by atoms with van der Waals surface area (Å²) in [6, 6.07) is 3.96. The number of sulfonamides is 1. The highest BCUT2D eigenvalue weighted by Crippen LogP contribution is 2.28. The van der Waals surface area contributed by atoms with Crippen molar-refractivity contribution in [3.8, 4) is 0 Å². The number of nitrogens with zero attached hydrogens (tertiary/aromatic N) is 1. The number of hydrogen-bond acceptors (Lipinski definition) is 3. The molecule has 0 aromatic heterocycles. The van der Waals surface area contributed by atoms with Crippen LogP contribution in [0.25, 0.3) is 0 Å². The smallest absolute Gasteiger partial charge is 0.246 e. The summed E-state index contributed by atoms with van der Waals surface area (Å²) in [7, 11) is -3.89. The van der Waals surface area contributed by atoms with E-state index in [-0.39, 0.29) is 30.0 Å². The summed E-state index contributed by atoms with van der Waals surface area (Å²) >= 11 is 5.63. The zero-order valence-electron chi connectivity index (χ0n) is 12.3. The van der Waals surface area contributed by atoms with Gasteiger partial charge in [-0.05, 0) is 38.5 Å². The van der Waals surface area contributed by atoms with Gasteiger partial charge in [-0.2, -0.15) is 4.31 Å². The van der Waals surface area contributed by atoms with Crippen molar-refractivity contribution < 1.29 is 17.5 Å². The Morgan fingerprint density at radius 2 is 2.14 bits per heavy atom. The largest absolute Gasteiger partial charge is 0.370 e. The predicted octanol–water partition coefficient (Wildman–Crippen LogP) is 2.75. The molecule has 0 amide bonds. The lowest BCUT2D eigenvalue weighted by molar-refractivity contribution is -0.109. The Labute approximate surface area is 129 Å². The van der Waals surface area contributed by atoms with Crippen LogP contribution in [-0.4, -0.2) is 37.5 Å². The first-order valence-electron chi connectivity index (χ1n) is 6.68. The van der Waals surface area contributed by atoms with E-state index in [9.17, 15) is 12.8 Å². The summed E-state index contributed by atoms with van der Waals surface area (Å²) in [6.45, 7) is 5.84. The van der Waals surface area contributed by atoms with Crippen molar-refractivity contribution in [3.05, 3.63) is 29.6 Å². The number of halogens is 2. The lowest BCUT2D eigenvalue weighted by atomic mass is 10.1. The van der Waals surface area contributed by atoms with E-state index in [1.54, 1.807) is 6.92 Å². The monoisotopic (exact) mass is 335 g/mol. The highest BCUT2D eigenvalue weighted by molar-refractivity contribution is 7.89. The van der Waals surface area contributed by atoms with Gasteiger partial charge in [-0.15, -0.1) is 11.6 Å². The van der Waals surface area contributed by atoms with E-state index in [0.29, 0.717) is 5.56 Å². The average Bonchev–Trinajstić information content (AvgIpc) is 2.35. The van der Waals surface area contributed by atoms with Gasteiger partial charge in [0.1, 0.15) is 10.7 Å². The van der Waals surface area contributed by atoms with Gasteiger partial charge in [0, 0.05) is 19.0 Å². The molecule has 4 nitrogen and oxygen atoms in total. The van der Waals surface area contributed by atoms with Crippen LogP contribution in [0.4, 0.5) is 4.39 Å². The summed E-state index contributed by atoms with van der Waals surface area (Å²) in [6.07, 6.45) is -0.242. The van der Waals surface area contributed by atoms with Crippen molar-refractivity contribution in [2.24, 2.45) is 0 Å². The third-order valence-electron chi connectivity index (χ3n) is 3.31. The third-order valence-corrected chi connectivity index (χ3v) is 5.46. The first-order chi connectivity index (χ1) is 9.65. The van der Waals surface area contributed by atoms with Gasteiger partial charge in [0.25, 0.3) is 0 Å². The van der Waals surface area contributed by atoms with Crippen LogP contribution < -0.4 is 0 Å². The van der Waals surface area contributed by atoms with Gasteiger partial charge in [0.15, 0.2) is 0 Å². The lowest BCUT2D eigenvalue weighted by Crippen LogP contribution is -2.53. The average molecular weight is 336 g/mol. The van der Waals surface area contributed by atoms with E-state index in [1.807, 2.05) is 13.8 Å². The number of alkyl halides is 1.